The van der Waals surface area contributed by atoms with Gasteiger partial charge in [0.05, 0.1) is 5.56 Å². The molecule has 1 atom stereocenters. The third kappa shape index (κ3) is 4.58. The summed E-state index contributed by atoms with van der Waals surface area (Å²) in [6.45, 7) is 3.71. The van der Waals surface area contributed by atoms with E-state index in [1.165, 1.54) is 11.8 Å². The number of carbonyl (C=O) groups excluding carboxylic acids is 1. The first kappa shape index (κ1) is 19.8. The number of hydrogen-bond donors (Lipinski definition) is 0. The molecule has 0 saturated heterocycles. The van der Waals surface area contributed by atoms with E-state index in [2.05, 4.69) is 15.2 Å². The largest absolute Gasteiger partial charge is 0.449 e. The summed E-state index contributed by atoms with van der Waals surface area (Å²) in [5.74, 6) is 0.124. The van der Waals surface area contributed by atoms with Gasteiger partial charge in [0.1, 0.15) is 5.03 Å². The van der Waals surface area contributed by atoms with Gasteiger partial charge < -0.3 is 9.15 Å². The molecule has 0 fully saturated rings. The molecule has 2 aromatic heterocycles. The molecular weight excluding hydrogens is 398 g/mol. The molecule has 0 N–H and O–H groups in total. The maximum Gasteiger partial charge on any atom is 0.341 e. The summed E-state index contributed by atoms with van der Waals surface area (Å²) < 4.78 is 11.3. The van der Waals surface area contributed by atoms with Gasteiger partial charge in [-0.3, -0.25) is 0 Å². The Balaban J connectivity index is 1.49. The van der Waals surface area contributed by atoms with Crippen molar-refractivity contribution in [3.8, 4) is 11.5 Å². The Hall–Kier alpha value is -3.45. The molecule has 0 aliphatic heterocycles. The molecule has 0 saturated carbocycles. The summed E-state index contributed by atoms with van der Waals surface area (Å²) in [4.78, 5) is 18.1. The Morgan fingerprint density at radius 2 is 1.77 bits per heavy atom. The van der Waals surface area contributed by atoms with Crippen molar-refractivity contribution in [2.75, 3.05) is 0 Å². The van der Waals surface area contributed by atoms with Crippen LogP contribution in [0.3, 0.4) is 0 Å². The van der Waals surface area contributed by atoms with Crippen LogP contribution in [0.25, 0.3) is 11.5 Å². The normalized spacial score (nSPS) is 11.8. The van der Waals surface area contributed by atoms with Gasteiger partial charge in [0, 0.05) is 16.7 Å². The van der Waals surface area contributed by atoms with Gasteiger partial charge in [-0.2, -0.15) is 0 Å². The number of esters is 1. The summed E-state index contributed by atoms with van der Waals surface area (Å²) in [7, 11) is 0. The highest BCUT2D eigenvalue weighted by Crippen LogP contribution is 2.30. The van der Waals surface area contributed by atoms with E-state index < -0.39 is 12.1 Å². The first-order chi connectivity index (χ1) is 14.6. The molecule has 0 spiro atoms. The van der Waals surface area contributed by atoms with Crippen molar-refractivity contribution in [3.63, 3.8) is 0 Å². The fourth-order valence-electron chi connectivity index (χ4n) is 2.71. The number of ether oxygens (including phenoxy) is 1. The lowest BCUT2D eigenvalue weighted by atomic mass is 10.1. The van der Waals surface area contributed by atoms with Crippen LogP contribution in [0.5, 0.6) is 0 Å². The second kappa shape index (κ2) is 8.92. The first-order valence-corrected chi connectivity index (χ1v) is 10.2. The van der Waals surface area contributed by atoms with Crippen LogP contribution in [0.4, 0.5) is 0 Å². The zero-order valence-electron chi connectivity index (χ0n) is 16.5. The van der Waals surface area contributed by atoms with E-state index >= 15 is 0 Å². The second-order valence-electron chi connectivity index (χ2n) is 6.63. The first-order valence-electron chi connectivity index (χ1n) is 9.39. The molecule has 150 valence electrons. The van der Waals surface area contributed by atoms with E-state index in [9.17, 15) is 4.79 Å². The van der Waals surface area contributed by atoms with Gasteiger partial charge in [-0.1, -0.05) is 47.7 Å². The van der Waals surface area contributed by atoms with Crippen LogP contribution in [0.1, 0.15) is 34.8 Å². The highest BCUT2D eigenvalue weighted by atomic mass is 32.2. The molecule has 0 aliphatic rings. The maximum absolute atomic E-state index is 12.8. The van der Waals surface area contributed by atoms with Crippen LogP contribution in [0.2, 0.25) is 0 Å². The van der Waals surface area contributed by atoms with Crippen molar-refractivity contribution in [3.05, 3.63) is 89.9 Å². The van der Waals surface area contributed by atoms with Gasteiger partial charge in [-0.25, -0.2) is 9.78 Å². The monoisotopic (exact) mass is 417 g/mol. The number of rotatable bonds is 6. The number of aromatic nitrogens is 3. The summed E-state index contributed by atoms with van der Waals surface area (Å²) >= 11 is 1.40. The Kier molecular flexibility index (Phi) is 5.90. The predicted molar refractivity (Wildman–Crippen MR) is 113 cm³/mol. The fourth-order valence-corrected chi connectivity index (χ4v) is 3.61. The quantitative estimate of drug-likeness (QED) is 0.383. The van der Waals surface area contributed by atoms with E-state index in [0.29, 0.717) is 16.5 Å². The SMILES string of the molecule is Cc1ccc(-c2nnc(C(C)OC(=O)c3cccnc3Sc3ccccc3)o2)cc1. The Morgan fingerprint density at radius 1 is 1.00 bits per heavy atom. The van der Waals surface area contributed by atoms with Crippen LogP contribution >= 0.6 is 11.8 Å². The van der Waals surface area contributed by atoms with Crippen molar-refractivity contribution in [1.29, 1.82) is 0 Å². The minimum absolute atomic E-state index is 0.236. The van der Waals surface area contributed by atoms with Crippen LogP contribution in [-0.2, 0) is 4.74 Å². The van der Waals surface area contributed by atoms with E-state index in [1.807, 2.05) is 61.5 Å². The smallest absolute Gasteiger partial charge is 0.341 e. The molecule has 7 heteroatoms. The van der Waals surface area contributed by atoms with Crippen molar-refractivity contribution in [2.24, 2.45) is 0 Å². The topological polar surface area (TPSA) is 78.1 Å². The average molecular weight is 417 g/mol. The van der Waals surface area contributed by atoms with Gasteiger partial charge in [0.2, 0.25) is 5.89 Å². The van der Waals surface area contributed by atoms with Crippen molar-refractivity contribution >= 4 is 17.7 Å². The minimum atomic E-state index is -0.695. The zero-order chi connectivity index (χ0) is 20.9. The Morgan fingerprint density at radius 3 is 2.53 bits per heavy atom. The maximum atomic E-state index is 12.8. The zero-order valence-corrected chi connectivity index (χ0v) is 17.3. The predicted octanol–water partition coefficient (Wildman–Crippen LogP) is 5.51. The van der Waals surface area contributed by atoms with E-state index in [4.69, 9.17) is 9.15 Å². The van der Waals surface area contributed by atoms with Crippen LogP contribution in [-0.4, -0.2) is 21.2 Å². The molecule has 6 nitrogen and oxygen atoms in total. The lowest BCUT2D eigenvalue weighted by Gasteiger charge is -2.11. The highest BCUT2D eigenvalue weighted by molar-refractivity contribution is 7.99. The summed E-state index contributed by atoms with van der Waals surface area (Å²) in [5.41, 5.74) is 2.34. The number of carbonyl (C=O) groups is 1. The number of benzene rings is 2. The number of pyridine rings is 1. The average Bonchev–Trinajstić information content (AvgIpc) is 3.26. The van der Waals surface area contributed by atoms with Gasteiger partial charge in [-0.15, -0.1) is 10.2 Å². The molecule has 0 amide bonds. The van der Waals surface area contributed by atoms with E-state index in [0.717, 1.165) is 16.0 Å². The van der Waals surface area contributed by atoms with Gasteiger partial charge in [-0.05, 0) is 50.2 Å². The molecule has 0 bridgehead atoms. The molecular formula is C23H19N3O3S. The summed E-state index contributed by atoms with van der Waals surface area (Å²) in [6.07, 6.45) is 0.955. The van der Waals surface area contributed by atoms with Crippen molar-refractivity contribution in [2.45, 2.75) is 29.9 Å². The number of hydrogen-bond acceptors (Lipinski definition) is 7. The molecule has 0 radical (unpaired) electrons. The lowest BCUT2D eigenvalue weighted by Crippen LogP contribution is -2.11. The van der Waals surface area contributed by atoms with E-state index in [1.54, 1.807) is 25.3 Å². The highest BCUT2D eigenvalue weighted by Gasteiger charge is 2.22. The Bertz CT molecular complexity index is 1140. The molecule has 4 rings (SSSR count). The van der Waals surface area contributed by atoms with Gasteiger partial charge in [0.15, 0.2) is 6.10 Å². The van der Waals surface area contributed by atoms with Crippen molar-refractivity contribution in [1.82, 2.24) is 15.2 Å². The third-order valence-corrected chi connectivity index (χ3v) is 5.35. The van der Waals surface area contributed by atoms with E-state index in [-0.39, 0.29) is 5.89 Å². The van der Waals surface area contributed by atoms with Crippen LogP contribution in [0.15, 0.2) is 87.3 Å². The summed E-state index contributed by atoms with van der Waals surface area (Å²) in [6, 6.07) is 20.9. The molecule has 4 aromatic rings. The van der Waals surface area contributed by atoms with Gasteiger partial charge >= 0.3 is 5.97 Å². The number of nitrogens with zero attached hydrogens (tertiary/aromatic N) is 3. The number of aryl methyl sites for hydroxylation is 1. The Labute approximate surface area is 178 Å². The van der Waals surface area contributed by atoms with Crippen LogP contribution < -0.4 is 0 Å². The molecule has 2 heterocycles. The lowest BCUT2D eigenvalue weighted by molar-refractivity contribution is 0.0275. The molecule has 0 aliphatic carbocycles. The summed E-state index contributed by atoms with van der Waals surface area (Å²) in [5, 5.41) is 8.68. The minimum Gasteiger partial charge on any atom is -0.449 e. The van der Waals surface area contributed by atoms with Crippen LogP contribution in [0, 0.1) is 6.92 Å². The van der Waals surface area contributed by atoms with Crippen molar-refractivity contribution < 1.29 is 13.9 Å². The molecule has 2 aromatic carbocycles. The molecule has 30 heavy (non-hydrogen) atoms. The third-order valence-electron chi connectivity index (χ3n) is 4.32. The second-order valence-corrected chi connectivity index (χ2v) is 7.69. The molecule has 1 unspecified atom stereocenters. The van der Waals surface area contributed by atoms with Gasteiger partial charge in [0.25, 0.3) is 5.89 Å². The standard InChI is InChI=1S/C23H19N3O3S/c1-15-10-12-17(13-11-15)21-26-25-20(29-21)16(2)28-23(27)19-9-6-14-24-22(19)30-18-7-4-3-5-8-18/h3-14,16H,1-2H3. The fraction of sp³-hybridized carbons (Fsp3) is 0.130.